The molecule has 1 aliphatic carbocycles. The Balaban J connectivity index is 1.45. The van der Waals surface area contributed by atoms with Gasteiger partial charge in [-0.2, -0.15) is 0 Å². The average molecular weight is 382 g/mol. The highest BCUT2D eigenvalue weighted by molar-refractivity contribution is 5.80. The normalized spacial score (nSPS) is 21.1. The van der Waals surface area contributed by atoms with Crippen molar-refractivity contribution < 1.29 is 14.3 Å². The largest absolute Gasteiger partial charge is 0.493 e. The number of benzene rings is 1. The molecule has 1 saturated heterocycles. The van der Waals surface area contributed by atoms with Gasteiger partial charge in [-0.1, -0.05) is 0 Å². The van der Waals surface area contributed by atoms with Crippen LogP contribution in [0.2, 0.25) is 0 Å². The zero-order valence-corrected chi connectivity index (χ0v) is 16.4. The average Bonchev–Trinajstić information content (AvgIpc) is 3.14. The fraction of sp³-hybridized carbons (Fsp3) is 0.476. The van der Waals surface area contributed by atoms with Gasteiger partial charge in [0.05, 0.1) is 26.2 Å². The highest BCUT2D eigenvalue weighted by Crippen LogP contribution is 2.39. The van der Waals surface area contributed by atoms with Crippen LogP contribution in [0, 0.1) is 5.92 Å². The Kier molecular flexibility index (Phi) is 5.32. The Morgan fingerprint density at radius 1 is 1.14 bits per heavy atom. The third-order valence-corrected chi connectivity index (χ3v) is 5.67. The van der Waals surface area contributed by atoms with Crippen molar-refractivity contribution in [3.8, 4) is 11.5 Å². The SMILES string of the molecule is COc1cc2c(cc1OC)[C@H](NC(=O)[C@H]1CCCN(c3ncccn3)C1)CC2. The van der Waals surface area contributed by atoms with Crippen LogP contribution >= 0.6 is 0 Å². The monoisotopic (exact) mass is 382 g/mol. The molecule has 2 aromatic rings. The first-order valence-corrected chi connectivity index (χ1v) is 9.76. The molecule has 2 heterocycles. The van der Waals surface area contributed by atoms with Gasteiger partial charge in [0.15, 0.2) is 11.5 Å². The molecule has 1 fully saturated rings. The van der Waals surface area contributed by atoms with E-state index in [-0.39, 0.29) is 17.9 Å². The van der Waals surface area contributed by atoms with Crippen LogP contribution in [0.5, 0.6) is 11.5 Å². The number of carbonyl (C=O) groups excluding carboxylic acids is 1. The summed E-state index contributed by atoms with van der Waals surface area (Å²) in [4.78, 5) is 23.7. The molecule has 0 spiro atoms. The molecule has 2 atom stereocenters. The number of ether oxygens (including phenoxy) is 2. The predicted molar refractivity (Wildman–Crippen MR) is 106 cm³/mol. The summed E-state index contributed by atoms with van der Waals surface area (Å²) in [5.41, 5.74) is 2.34. The lowest BCUT2D eigenvalue weighted by Gasteiger charge is -2.32. The van der Waals surface area contributed by atoms with Crippen molar-refractivity contribution in [3.05, 3.63) is 41.7 Å². The minimum atomic E-state index is -0.0539. The Morgan fingerprint density at radius 3 is 2.64 bits per heavy atom. The number of fused-ring (bicyclic) bond motifs is 1. The van der Waals surface area contributed by atoms with Crippen molar-refractivity contribution in [2.45, 2.75) is 31.7 Å². The molecule has 1 aromatic carbocycles. The Morgan fingerprint density at radius 2 is 1.89 bits per heavy atom. The zero-order chi connectivity index (χ0) is 19.5. The van der Waals surface area contributed by atoms with Gasteiger partial charge < -0.3 is 19.7 Å². The van der Waals surface area contributed by atoms with Crippen LogP contribution in [0.4, 0.5) is 5.95 Å². The number of amides is 1. The lowest BCUT2D eigenvalue weighted by atomic mass is 9.96. The van der Waals surface area contributed by atoms with Crippen LogP contribution in [0.25, 0.3) is 0 Å². The molecule has 7 heteroatoms. The van der Waals surface area contributed by atoms with Crippen molar-refractivity contribution in [2.24, 2.45) is 5.92 Å². The van der Waals surface area contributed by atoms with E-state index in [2.05, 4.69) is 20.2 Å². The fourth-order valence-electron chi connectivity index (χ4n) is 4.20. The highest BCUT2D eigenvalue weighted by atomic mass is 16.5. The molecule has 1 amide bonds. The van der Waals surface area contributed by atoms with Gasteiger partial charge in [-0.3, -0.25) is 4.79 Å². The van der Waals surface area contributed by atoms with Crippen molar-refractivity contribution in [1.29, 1.82) is 0 Å². The van der Waals surface area contributed by atoms with Crippen LogP contribution in [-0.4, -0.2) is 43.2 Å². The molecule has 4 rings (SSSR count). The maximum Gasteiger partial charge on any atom is 0.225 e. The summed E-state index contributed by atoms with van der Waals surface area (Å²) < 4.78 is 10.8. The van der Waals surface area contributed by atoms with Crippen molar-refractivity contribution in [2.75, 3.05) is 32.2 Å². The van der Waals surface area contributed by atoms with Gasteiger partial charge in [0, 0.05) is 25.5 Å². The van der Waals surface area contributed by atoms with E-state index >= 15 is 0 Å². The molecule has 28 heavy (non-hydrogen) atoms. The topological polar surface area (TPSA) is 76.6 Å². The molecule has 0 radical (unpaired) electrons. The first kappa shape index (κ1) is 18.5. The van der Waals surface area contributed by atoms with Gasteiger partial charge in [-0.05, 0) is 55.0 Å². The first-order chi connectivity index (χ1) is 13.7. The van der Waals surface area contributed by atoms with Gasteiger partial charge in [0.2, 0.25) is 11.9 Å². The molecule has 1 aliphatic heterocycles. The molecule has 7 nitrogen and oxygen atoms in total. The van der Waals surface area contributed by atoms with E-state index in [0.717, 1.165) is 43.5 Å². The maximum atomic E-state index is 13.0. The van der Waals surface area contributed by atoms with E-state index in [9.17, 15) is 4.79 Å². The molecular formula is C21H26N4O3. The molecule has 1 aromatic heterocycles. The summed E-state index contributed by atoms with van der Waals surface area (Å²) in [5.74, 6) is 2.18. The summed E-state index contributed by atoms with van der Waals surface area (Å²) in [5, 5.41) is 3.26. The van der Waals surface area contributed by atoms with Gasteiger partial charge in [-0.15, -0.1) is 0 Å². The highest BCUT2D eigenvalue weighted by Gasteiger charge is 2.31. The number of aryl methyl sites for hydroxylation is 1. The van der Waals surface area contributed by atoms with Gasteiger partial charge in [0.1, 0.15) is 0 Å². The third-order valence-electron chi connectivity index (χ3n) is 5.67. The van der Waals surface area contributed by atoms with E-state index in [1.807, 2.05) is 12.1 Å². The van der Waals surface area contributed by atoms with Crippen LogP contribution in [0.3, 0.4) is 0 Å². The Labute approximate surface area is 165 Å². The summed E-state index contributed by atoms with van der Waals surface area (Å²) in [6, 6.07) is 5.84. The van der Waals surface area contributed by atoms with Crippen molar-refractivity contribution in [3.63, 3.8) is 0 Å². The molecule has 0 bridgehead atoms. The Bertz CT molecular complexity index is 843. The smallest absolute Gasteiger partial charge is 0.225 e. The predicted octanol–water partition coefficient (Wildman–Crippen LogP) is 2.51. The van der Waals surface area contributed by atoms with Gasteiger partial charge in [-0.25, -0.2) is 9.97 Å². The second-order valence-corrected chi connectivity index (χ2v) is 7.34. The second-order valence-electron chi connectivity index (χ2n) is 7.34. The molecule has 2 aliphatic rings. The number of nitrogens with zero attached hydrogens (tertiary/aromatic N) is 3. The molecule has 0 saturated carbocycles. The molecule has 1 N–H and O–H groups in total. The quantitative estimate of drug-likeness (QED) is 0.856. The number of carbonyl (C=O) groups is 1. The Hall–Kier alpha value is -2.83. The van der Waals surface area contributed by atoms with E-state index < -0.39 is 0 Å². The van der Waals surface area contributed by atoms with E-state index in [1.165, 1.54) is 5.56 Å². The molecule has 148 valence electrons. The maximum absolute atomic E-state index is 13.0. The van der Waals surface area contributed by atoms with Gasteiger partial charge >= 0.3 is 0 Å². The number of rotatable bonds is 5. The number of hydrogen-bond acceptors (Lipinski definition) is 6. The lowest BCUT2D eigenvalue weighted by Crippen LogP contribution is -2.44. The summed E-state index contributed by atoms with van der Waals surface area (Å²) >= 11 is 0. The number of anilines is 1. The number of piperidine rings is 1. The third kappa shape index (κ3) is 3.61. The van der Waals surface area contributed by atoms with Crippen molar-refractivity contribution >= 4 is 11.9 Å². The van der Waals surface area contributed by atoms with Gasteiger partial charge in [0.25, 0.3) is 0 Å². The minimum absolute atomic E-state index is 0.0191. The number of aromatic nitrogens is 2. The van der Waals surface area contributed by atoms with Crippen LogP contribution < -0.4 is 19.7 Å². The van der Waals surface area contributed by atoms with Crippen LogP contribution in [-0.2, 0) is 11.2 Å². The van der Waals surface area contributed by atoms with Crippen molar-refractivity contribution in [1.82, 2.24) is 15.3 Å². The lowest BCUT2D eigenvalue weighted by molar-refractivity contribution is -0.126. The fourth-order valence-corrected chi connectivity index (χ4v) is 4.20. The molecular weight excluding hydrogens is 356 g/mol. The van der Waals surface area contributed by atoms with Crippen LogP contribution in [0.15, 0.2) is 30.6 Å². The number of methoxy groups -OCH3 is 2. The van der Waals surface area contributed by atoms with E-state index in [1.54, 1.807) is 32.7 Å². The van der Waals surface area contributed by atoms with E-state index in [4.69, 9.17) is 9.47 Å². The summed E-state index contributed by atoms with van der Waals surface area (Å²) in [7, 11) is 3.28. The minimum Gasteiger partial charge on any atom is -0.493 e. The second kappa shape index (κ2) is 8.04. The van der Waals surface area contributed by atoms with E-state index in [0.29, 0.717) is 18.2 Å². The zero-order valence-electron chi connectivity index (χ0n) is 16.4. The number of hydrogen-bond donors (Lipinski definition) is 1. The summed E-state index contributed by atoms with van der Waals surface area (Å²) in [6.07, 6.45) is 7.15. The number of nitrogens with one attached hydrogen (secondary N) is 1. The molecule has 0 unspecified atom stereocenters. The van der Waals surface area contributed by atoms with Crippen LogP contribution in [0.1, 0.15) is 36.4 Å². The first-order valence-electron chi connectivity index (χ1n) is 9.76. The summed E-state index contributed by atoms with van der Waals surface area (Å²) in [6.45, 7) is 1.54. The standard InChI is InChI=1S/C21H26N4O3/c1-27-18-11-14-6-7-17(16(14)12-19(18)28-2)24-20(26)15-5-3-10-25(13-15)21-22-8-4-9-23-21/h4,8-9,11-12,15,17H,3,5-7,10,13H2,1-2H3,(H,24,26)/t15-,17+/m0/s1.